The molecule has 0 aliphatic carbocycles. The Morgan fingerprint density at radius 3 is 2.29 bits per heavy atom. The van der Waals surface area contributed by atoms with Crippen molar-refractivity contribution in [2.75, 3.05) is 0 Å². The summed E-state index contributed by atoms with van der Waals surface area (Å²) in [5.74, 6) is -0.884. The van der Waals surface area contributed by atoms with Gasteiger partial charge >= 0.3 is 57.4 Å². The number of rotatable bonds is 1. The summed E-state index contributed by atoms with van der Waals surface area (Å²) in [5.41, 5.74) is 0.332. The average Bonchev–Trinajstić information content (AvgIpc) is 2.17. The number of carboxylic acid groups (broad SMARTS) is 1. The third-order valence-corrected chi connectivity index (χ3v) is 2.00. The van der Waals surface area contributed by atoms with Gasteiger partial charge in [-0.3, -0.25) is 0 Å². The molecule has 0 aliphatic rings. The van der Waals surface area contributed by atoms with E-state index in [0.29, 0.717) is 5.56 Å². The molecule has 0 spiro atoms. The molecule has 0 radical (unpaired) electrons. The molecule has 0 fully saturated rings. The van der Waals surface area contributed by atoms with E-state index in [4.69, 9.17) is 5.11 Å². The summed E-state index contributed by atoms with van der Waals surface area (Å²) >= 11 is 0. The predicted molar refractivity (Wildman–Crippen MR) is 58.1 cm³/mol. The molecule has 0 aliphatic heterocycles. The Labute approximate surface area is 124 Å². The van der Waals surface area contributed by atoms with Crippen LogP contribution in [0.4, 0.5) is 0 Å². The molecular formula is C11H9KO2. The fraction of sp³-hybridized carbons (Fsp3) is 0. The number of carbonyl (C=O) groups is 1. The van der Waals surface area contributed by atoms with E-state index in [1.165, 1.54) is 0 Å². The molecule has 2 rings (SSSR count). The molecule has 14 heavy (non-hydrogen) atoms. The van der Waals surface area contributed by atoms with Crippen LogP contribution in [0.2, 0.25) is 0 Å². The number of hydrogen-bond acceptors (Lipinski definition) is 1. The fourth-order valence-corrected chi connectivity index (χ4v) is 1.32. The second-order valence-electron chi connectivity index (χ2n) is 2.87. The van der Waals surface area contributed by atoms with Crippen molar-refractivity contribution >= 4 is 68.1 Å². The van der Waals surface area contributed by atoms with Gasteiger partial charge in [-0.1, -0.05) is 30.3 Å². The normalized spacial score (nSPS) is 9.43. The van der Waals surface area contributed by atoms with Crippen molar-refractivity contribution in [1.82, 2.24) is 0 Å². The molecule has 2 aromatic rings. The van der Waals surface area contributed by atoms with Gasteiger partial charge in [-0.15, -0.1) is 0 Å². The Morgan fingerprint density at radius 2 is 1.64 bits per heavy atom. The molecule has 66 valence electrons. The molecule has 2 nitrogen and oxygen atoms in total. The van der Waals surface area contributed by atoms with Crippen LogP contribution in [0, 0.1) is 0 Å². The van der Waals surface area contributed by atoms with E-state index < -0.39 is 5.97 Å². The van der Waals surface area contributed by atoms with Gasteiger partial charge < -0.3 is 5.11 Å². The Balaban J connectivity index is 0.000000980. The minimum atomic E-state index is -0.884. The monoisotopic (exact) mass is 212 g/mol. The van der Waals surface area contributed by atoms with Crippen molar-refractivity contribution < 1.29 is 9.90 Å². The molecule has 1 N–H and O–H groups in total. The van der Waals surface area contributed by atoms with Crippen molar-refractivity contribution in [3.63, 3.8) is 0 Å². The van der Waals surface area contributed by atoms with E-state index in [1.807, 2.05) is 30.3 Å². The summed E-state index contributed by atoms with van der Waals surface area (Å²) in [5, 5.41) is 10.8. The van der Waals surface area contributed by atoms with E-state index in [1.54, 1.807) is 12.1 Å². The van der Waals surface area contributed by atoms with Gasteiger partial charge in [-0.25, -0.2) is 4.79 Å². The number of carboxylic acids is 1. The number of aromatic carboxylic acids is 1. The number of fused-ring (bicyclic) bond motifs is 1. The van der Waals surface area contributed by atoms with E-state index in [0.717, 1.165) is 10.8 Å². The topological polar surface area (TPSA) is 37.3 Å². The van der Waals surface area contributed by atoms with Crippen LogP contribution >= 0.6 is 0 Å². The molecule has 0 saturated carbocycles. The van der Waals surface area contributed by atoms with Crippen LogP contribution in [-0.4, -0.2) is 62.5 Å². The molecule has 0 heterocycles. The van der Waals surface area contributed by atoms with Crippen molar-refractivity contribution in [2.45, 2.75) is 0 Å². The molecular weight excluding hydrogens is 203 g/mol. The predicted octanol–water partition coefficient (Wildman–Crippen LogP) is 1.89. The third-order valence-electron chi connectivity index (χ3n) is 2.00. The summed E-state index contributed by atoms with van der Waals surface area (Å²) in [4.78, 5) is 10.6. The van der Waals surface area contributed by atoms with E-state index in [9.17, 15) is 4.79 Å². The zero-order valence-electron chi connectivity index (χ0n) is 6.90. The Hall–Kier alpha value is -0.194. The van der Waals surface area contributed by atoms with Crippen LogP contribution in [0.15, 0.2) is 42.5 Å². The standard InChI is InChI=1S/C11H8O2.K.H/c12-11(13)10-6-5-8-3-1-2-4-9(8)7-10;;/h1-7H,(H,12,13);;. The molecule has 0 saturated heterocycles. The number of hydrogen-bond donors (Lipinski definition) is 1. The van der Waals surface area contributed by atoms with Crippen molar-refractivity contribution in [1.29, 1.82) is 0 Å². The van der Waals surface area contributed by atoms with Crippen LogP contribution < -0.4 is 0 Å². The number of benzene rings is 2. The van der Waals surface area contributed by atoms with E-state index >= 15 is 0 Å². The first-order chi connectivity index (χ1) is 6.27. The summed E-state index contributed by atoms with van der Waals surface area (Å²) in [6.07, 6.45) is 0. The molecule has 0 amide bonds. The average molecular weight is 212 g/mol. The first-order valence-corrected chi connectivity index (χ1v) is 3.99. The third kappa shape index (κ3) is 2.43. The quantitative estimate of drug-likeness (QED) is 0.733. The Kier molecular flexibility index (Phi) is 4.28. The molecule has 0 aromatic heterocycles. The zero-order chi connectivity index (χ0) is 9.26. The van der Waals surface area contributed by atoms with Crippen molar-refractivity contribution in [2.24, 2.45) is 0 Å². The van der Waals surface area contributed by atoms with Crippen LogP contribution in [0.5, 0.6) is 0 Å². The van der Waals surface area contributed by atoms with Gasteiger partial charge in [0.05, 0.1) is 5.56 Å². The van der Waals surface area contributed by atoms with Crippen LogP contribution in [0.3, 0.4) is 0 Å². The van der Waals surface area contributed by atoms with Gasteiger partial charge in [0.15, 0.2) is 0 Å². The Bertz CT molecular complexity index is 466. The molecule has 0 atom stereocenters. The molecule has 2 aromatic carbocycles. The van der Waals surface area contributed by atoms with Gasteiger partial charge in [0.2, 0.25) is 0 Å². The Morgan fingerprint density at radius 1 is 1.00 bits per heavy atom. The maximum atomic E-state index is 10.6. The van der Waals surface area contributed by atoms with Gasteiger partial charge in [0.25, 0.3) is 0 Å². The van der Waals surface area contributed by atoms with Crippen molar-refractivity contribution in [3.8, 4) is 0 Å². The first kappa shape index (κ1) is 11.9. The van der Waals surface area contributed by atoms with Crippen LogP contribution in [0.1, 0.15) is 10.4 Å². The maximum absolute atomic E-state index is 10.6. The van der Waals surface area contributed by atoms with Gasteiger partial charge in [0, 0.05) is 0 Å². The zero-order valence-corrected chi connectivity index (χ0v) is 6.90. The second-order valence-corrected chi connectivity index (χ2v) is 2.87. The van der Waals surface area contributed by atoms with Crippen LogP contribution in [0.25, 0.3) is 10.8 Å². The SMILES string of the molecule is O=C(O)c1ccc2ccccc2c1.[KH]. The van der Waals surface area contributed by atoms with E-state index in [2.05, 4.69) is 0 Å². The van der Waals surface area contributed by atoms with E-state index in [-0.39, 0.29) is 51.4 Å². The molecule has 3 heteroatoms. The first-order valence-electron chi connectivity index (χ1n) is 3.99. The second kappa shape index (κ2) is 5.05. The van der Waals surface area contributed by atoms with Crippen LogP contribution in [-0.2, 0) is 0 Å². The molecule has 0 bridgehead atoms. The summed E-state index contributed by atoms with van der Waals surface area (Å²) in [6.45, 7) is 0. The summed E-state index contributed by atoms with van der Waals surface area (Å²) < 4.78 is 0. The summed E-state index contributed by atoms with van der Waals surface area (Å²) in [6, 6.07) is 12.8. The van der Waals surface area contributed by atoms with Gasteiger partial charge in [-0.05, 0) is 22.9 Å². The summed E-state index contributed by atoms with van der Waals surface area (Å²) in [7, 11) is 0. The van der Waals surface area contributed by atoms with Crippen molar-refractivity contribution in [3.05, 3.63) is 48.0 Å². The minimum absolute atomic E-state index is 0. The fourth-order valence-electron chi connectivity index (χ4n) is 1.32. The van der Waals surface area contributed by atoms with Gasteiger partial charge in [-0.2, -0.15) is 0 Å². The molecule has 0 unspecified atom stereocenters. The van der Waals surface area contributed by atoms with Gasteiger partial charge in [0.1, 0.15) is 0 Å².